The minimum Gasteiger partial charge on any atom is -0.384 e. The lowest BCUT2D eigenvalue weighted by molar-refractivity contribution is -0.157. The second-order valence-electron chi connectivity index (χ2n) is 10.3. The fraction of sp³-hybridized carbons (Fsp3) is 0.680. The van der Waals surface area contributed by atoms with Gasteiger partial charge in [0, 0.05) is 36.0 Å². The molecule has 0 radical (unpaired) electrons. The Morgan fingerprint density at radius 3 is 2.35 bits per heavy atom. The van der Waals surface area contributed by atoms with Crippen molar-refractivity contribution in [3.8, 4) is 0 Å². The number of benzene rings is 1. The molecule has 6 heteroatoms. The van der Waals surface area contributed by atoms with Crippen LogP contribution in [0.5, 0.6) is 0 Å². The maximum absolute atomic E-state index is 13.4. The van der Waals surface area contributed by atoms with Crippen LogP contribution in [0.15, 0.2) is 24.3 Å². The van der Waals surface area contributed by atoms with Crippen LogP contribution in [0.3, 0.4) is 0 Å². The second kappa shape index (κ2) is 9.50. The van der Waals surface area contributed by atoms with Gasteiger partial charge < -0.3 is 15.3 Å². The van der Waals surface area contributed by atoms with Crippen LogP contribution in [0.1, 0.15) is 65.4 Å². The van der Waals surface area contributed by atoms with Crippen molar-refractivity contribution in [2.75, 3.05) is 19.6 Å². The molecule has 3 rings (SSSR count). The zero-order chi connectivity index (χ0) is 22.8. The molecule has 5 nitrogen and oxygen atoms in total. The molecule has 1 saturated carbocycles. The van der Waals surface area contributed by atoms with E-state index in [-0.39, 0.29) is 29.6 Å². The van der Waals surface area contributed by atoms with Gasteiger partial charge >= 0.3 is 0 Å². The van der Waals surface area contributed by atoms with Gasteiger partial charge in [0.25, 0.3) is 0 Å². The standard InChI is InChI=1S/C25H37ClN2O3/c1-17(2)21(15-27-22(29)18-7-5-6-8-18)23(30)28-14-13-25(31,24(3,4)16-28)19-9-11-20(26)12-10-19/h9-12,17-18,21,31H,5-8,13-16H2,1-4H3,(H,27,29)/t21?,25-/m0/s1. The summed E-state index contributed by atoms with van der Waals surface area (Å²) in [6.07, 6.45) is 4.60. The number of hydrogen-bond donors (Lipinski definition) is 2. The average molecular weight is 449 g/mol. The van der Waals surface area contributed by atoms with E-state index in [0.29, 0.717) is 31.1 Å². The molecule has 1 unspecified atom stereocenters. The number of carbonyl (C=O) groups excluding carboxylic acids is 2. The maximum atomic E-state index is 13.4. The molecule has 2 N–H and O–H groups in total. The summed E-state index contributed by atoms with van der Waals surface area (Å²) >= 11 is 6.03. The van der Waals surface area contributed by atoms with Gasteiger partial charge in [-0.2, -0.15) is 0 Å². The molecule has 1 aromatic rings. The molecule has 2 atom stereocenters. The Morgan fingerprint density at radius 2 is 1.81 bits per heavy atom. The number of aliphatic hydroxyl groups is 1. The summed E-state index contributed by atoms with van der Waals surface area (Å²) in [6.45, 7) is 9.41. The molecular weight excluding hydrogens is 412 g/mol. The van der Waals surface area contributed by atoms with Gasteiger partial charge in [-0.15, -0.1) is 0 Å². The first kappa shape index (κ1) is 24.1. The van der Waals surface area contributed by atoms with Crippen molar-refractivity contribution >= 4 is 23.4 Å². The highest BCUT2D eigenvalue weighted by molar-refractivity contribution is 6.30. The Kier molecular flexibility index (Phi) is 7.37. The van der Waals surface area contributed by atoms with Crippen molar-refractivity contribution in [2.24, 2.45) is 23.2 Å². The third-order valence-corrected chi connectivity index (χ3v) is 7.68. The van der Waals surface area contributed by atoms with Crippen LogP contribution < -0.4 is 5.32 Å². The Bertz CT molecular complexity index is 786. The highest BCUT2D eigenvalue weighted by Crippen LogP contribution is 2.46. The molecule has 1 aliphatic carbocycles. The van der Waals surface area contributed by atoms with E-state index in [4.69, 9.17) is 11.6 Å². The van der Waals surface area contributed by atoms with Gasteiger partial charge in [-0.1, -0.05) is 64.3 Å². The molecule has 1 aliphatic heterocycles. The molecule has 1 heterocycles. The summed E-state index contributed by atoms with van der Waals surface area (Å²) in [5, 5.41) is 15.3. The van der Waals surface area contributed by atoms with E-state index in [9.17, 15) is 14.7 Å². The summed E-state index contributed by atoms with van der Waals surface area (Å²) in [6, 6.07) is 7.34. The van der Waals surface area contributed by atoms with Crippen LogP contribution in [-0.4, -0.2) is 41.5 Å². The van der Waals surface area contributed by atoms with E-state index in [1.54, 1.807) is 12.1 Å². The molecule has 2 fully saturated rings. The molecule has 172 valence electrons. The normalized spacial score (nSPS) is 24.9. The van der Waals surface area contributed by atoms with Crippen molar-refractivity contribution in [3.63, 3.8) is 0 Å². The molecule has 2 aliphatic rings. The van der Waals surface area contributed by atoms with E-state index in [1.807, 2.05) is 44.7 Å². The summed E-state index contributed by atoms with van der Waals surface area (Å²) in [7, 11) is 0. The molecular formula is C25H37ClN2O3. The topological polar surface area (TPSA) is 69.6 Å². The minimum atomic E-state index is -1.03. The number of carbonyl (C=O) groups is 2. The third kappa shape index (κ3) is 5.09. The summed E-state index contributed by atoms with van der Waals surface area (Å²) < 4.78 is 0. The first-order valence-electron chi connectivity index (χ1n) is 11.6. The van der Waals surface area contributed by atoms with Crippen LogP contribution >= 0.6 is 11.6 Å². The van der Waals surface area contributed by atoms with E-state index in [2.05, 4.69) is 5.32 Å². The van der Waals surface area contributed by atoms with E-state index in [1.165, 1.54) is 0 Å². The quantitative estimate of drug-likeness (QED) is 0.679. The van der Waals surface area contributed by atoms with E-state index < -0.39 is 11.0 Å². The van der Waals surface area contributed by atoms with Crippen molar-refractivity contribution in [3.05, 3.63) is 34.9 Å². The minimum absolute atomic E-state index is 0.0629. The van der Waals surface area contributed by atoms with Crippen LogP contribution in [0, 0.1) is 23.2 Å². The lowest BCUT2D eigenvalue weighted by atomic mass is 9.66. The average Bonchev–Trinajstić information content (AvgIpc) is 3.25. The number of rotatable bonds is 6. The Labute approximate surface area is 191 Å². The monoisotopic (exact) mass is 448 g/mol. The predicted molar refractivity (Wildman–Crippen MR) is 124 cm³/mol. The largest absolute Gasteiger partial charge is 0.384 e. The Morgan fingerprint density at radius 1 is 1.19 bits per heavy atom. The molecule has 2 amide bonds. The number of amides is 2. The van der Waals surface area contributed by atoms with Crippen LogP contribution in [-0.2, 0) is 15.2 Å². The van der Waals surface area contributed by atoms with Gasteiger partial charge in [0.1, 0.15) is 0 Å². The smallest absolute Gasteiger partial charge is 0.227 e. The zero-order valence-corrected chi connectivity index (χ0v) is 20.0. The molecule has 31 heavy (non-hydrogen) atoms. The number of hydrogen-bond acceptors (Lipinski definition) is 3. The SMILES string of the molecule is CC(C)C(CNC(=O)C1CCCC1)C(=O)N1CC[C@](O)(c2ccc(Cl)cc2)C(C)(C)C1. The lowest BCUT2D eigenvalue weighted by Gasteiger charge is -2.51. The van der Waals surface area contributed by atoms with Crippen molar-refractivity contribution < 1.29 is 14.7 Å². The van der Waals surface area contributed by atoms with Crippen LogP contribution in [0.4, 0.5) is 0 Å². The highest BCUT2D eigenvalue weighted by Gasteiger charge is 2.50. The van der Waals surface area contributed by atoms with E-state index in [0.717, 1.165) is 31.2 Å². The van der Waals surface area contributed by atoms with Gasteiger partial charge in [-0.25, -0.2) is 0 Å². The van der Waals surface area contributed by atoms with Crippen molar-refractivity contribution in [2.45, 2.75) is 65.4 Å². The van der Waals surface area contributed by atoms with Crippen molar-refractivity contribution in [1.29, 1.82) is 0 Å². The van der Waals surface area contributed by atoms with Crippen LogP contribution in [0.25, 0.3) is 0 Å². The number of likely N-dealkylation sites (tertiary alicyclic amines) is 1. The third-order valence-electron chi connectivity index (χ3n) is 7.43. The fourth-order valence-electron chi connectivity index (χ4n) is 5.16. The zero-order valence-electron chi connectivity index (χ0n) is 19.3. The van der Waals surface area contributed by atoms with Gasteiger partial charge in [-0.05, 0) is 42.9 Å². The Hall–Kier alpha value is -1.59. The predicted octanol–water partition coefficient (Wildman–Crippen LogP) is 4.36. The lowest BCUT2D eigenvalue weighted by Crippen LogP contribution is -2.58. The molecule has 1 aromatic carbocycles. The Balaban J connectivity index is 1.68. The number of nitrogens with one attached hydrogen (secondary N) is 1. The first-order valence-corrected chi connectivity index (χ1v) is 12.0. The molecule has 0 spiro atoms. The summed E-state index contributed by atoms with van der Waals surface area (Å²) in [5.41, 5.74) is -0.722. The highest BCUT2D eigenvalue weighted by atomic mass is 35.5. The summed E-state index contributed by atoms with van der Waals surface area (Å²) in [4.78, 5) is 27.8. The number of piperidine rings is 1. The molecule has 1 saturated heterocycles. The van der Waals surface area contributed by atoms with Gasteiger partial charge in [-0.3, -0.25) is 9.59 Å². The molecule has 0 bridgehead atoms. The maximum Gasteiger partial charge on any atom is 0.227 e. The van der Waals surface area contributed by atoms with Gasteiger partial charge in [0.2, 0.25) is 11.8 Å². The van der Waals surface area contributed by atoms with E-state index >= 15 is 0 Å². The number of nitrogens with zero attached hydrogens (tertiary/aromatic N) is 1. The van der Waals surface area contributed by atoms with Crippen LogP contribution in [0.2, 0.25) is 5.02 Å². The summed E-state index contributed by atoms with van der Waals surface area (Å²) in [5.74, 6) is 0.116. The molecule has 0 aromatic heterocycles. The fourth-order valence-corrected chi connectivity index (χ4v) is 5.28. The number of halogens is 1. The van der Waals surface area contributed by atoms with Crippen molar-refractivity contribution in [1.82, 2.24) is 10.2 Å². The van der Waals surface area contributed by atoms with Gasteiger partial charge in [0.15, 0.2) is 0 Å². The van der Waals surface area contributed by atoms with Gasteiger partial charge in [0.05, 0.1) is 11.5 Å². The second-order valence-corrected chi connectivity index (χ2v) is 10.8. The first-order chi connectivity index (χ1) is 14.5.